The summed E-state index contributed by atoms with van der Waals surface area (Å²) in [5, 5.41) is 3.05. The smallest absolute Gasteiger partial charge is 0.193 e. The average molecular weight is 309 g/mol. The Labute approximate surface area is 126 Å². The molecule has 2 rings (SSSR count). The largest absolute Gasteiger partial charge is 0.370 e. The quantitative estimate of drug-likeness (QED) is 0.659. The maximum Gasteiger partial charge on any atom is 0.193 e. The van der Waals surface area contributed by atoms with Crippen molar-refractivity contribution in [3.63, 3.8) is 0 Å². The lowest BCUT2D eigenvalue weighted by Crippen LogP contribution is -2.29. The van der Waals surface area contributed by atoms with Crippen LogP contribution in [0.25, 0.3) is 0 Å². The Bertz CT molecular complexity index is 638. The van der Waals surface area contributed by atoms with E-state index in [-0.39, 0.29) is 11.7 Å². The molecule has 1 saturated heterocycles. The van der Waals surface area contributed by atoms with Crippen LogP contribution in [0.1, 0.15) is 24.0 Å². The number of aryl methyl sites for hydroxylation is 2. The van der Waals surface area contributed by atoms with Gasteiger partial charge in [0.05, 0.1) is 11.5 Å². The zero-order valence-electron chi connectivity index (χ0n) is 12.6. The van der Waals surface area contributed by atoms with E-state index in [1.807, 2.05) is 25.1 Å². The highest BCUT2D eigenvalue weighted by atomic mass is 32.2. The van der Waals surface area contributed by atoms with Gasteiger partial charge in [-0.05, 0) is 55.9 Å². The fraction of sp³-hybridized carbons (Fsp3) is 0.533. The summed E-state index contributed by atoms with van der Waals surface area (Å²) >= 11 is 0. The minimum absolute atomic E-state index is 0.0869. The molecule has 0 aliphatic carbocycles. The standard InChI is InChI=1S/C15H23N3O2S/c1-11-5-6-14(8-12(11)2)18-15(16)17-9-13-4-3-7-21(19,20)10-13/h5-6,8,13H,3-4,7,9-10H2,1-2H3,(H3,16,17,18). The number of hydrogen-bond acceptors (Lipinski definition) is 3. The third-order valence-electron chi connectivity index (χ3n) is 3.86. The zero-order chi connectivity index (χ0) is 15.5. The Morgan fingerprint density at radius 2 is 2.14 bits per heavy atom. The third kappa shape index (κ3) is 4.74. The molecule has 1 aromatic rings. The molecule has 0 spiro atoms. The number of anilines is 1. The zero-order valence-corrected chi connectivity index (χ0v) is 13.4. The minimum Gasteiger partial charge on any atom is -0.370 e. The second-order valence-electron chi connectivity index (χ2n) is 5.77. The van der Waals surface area contributed by atoms with Gasteiger partial charge in [-0.1, -0.05) is 6.07 Å². The lowest BCUT2D eigenvalue weighted by atomic mass is 10.1. The molecule has 3 N–H and O–H groups in total. The van der Waals surface area contributed by atoms with Gasteiger partial charge in [-0.15, -0.1) is 0 Å². The molecule has 1 aliphatic heterocycles. The molecule has 0 radical (unpaired) electrons. The maximum absolute atomic E-state index is 11.6. The molecule has 0 bridgehead atoms. The molecule has 0 aromatic heterocycles. The number of nitrogens with two attached hydrogens (primary N) is 1. The van der Waals surface area contributed by atoms with Gasteiger partial charge in [0.1, 0.15) is 0 Å². The van der Waals surface area contributed by atoms with Crippen molar-refractivity contribution in [2.45, 2.75) is 26.7 Å². The van der Waals surface area contributed by atoms with Crippen LogP contribution in [0.15, 0.2) is 23.2 Å². The lowest BCUT2D eigenvalue weighted by Gasteiger charge is -2.20. The van der Waals surface area contributed by atoms with E-state index in [4.69, 9.17) is 5.73 Å². The number of hydrogen-bond donors (Lipinski definition) is 2. The van der Waals surface area contributed by atoms with Crippen molar-refractivity contribution in [3.05, 3.63) is 29.3 Å². The van der Waals surface area contributed by atoms with Crippen molar-refractivity contribution in [1.82, 2.24) is 0 Å². The van der Waals surface area contributed by atoms with E-state index >= 15 is 0 Å². The number of aliphatic imine (C=N–C) groups is 1. The molecule has 0 saturated carbocycles. The number of nitrogens with zero attached hydrogens (tertiary/aromatic N) is 1. The molecule has 1 unspecified atom stereocenters. The van der Waals surface area contributed by atoms with E-state index in [0.29, 0.717) is 18.3 Å². The second kappa shape index (κ2) is 6.47. The molecule has 1 heterocycles. The summed E-state index contributed by atoms with van der Waals surface area (Å²) in [6.45, 7) is 4.56. The van der Waals surface area contributed by atoms with Crippen LogP contribution in [0, 0.1) is 19.8 Å². The number of guanidine groups is 1. The number of rotatable bonds is 3. The SMILES string of the molecule is Cc1ccc(NC(N)=NCC2CCCS(=O)(=O)C2)cc1C. The van der Waals surface area contributed by atoms with Crippen LogP contribution in [-0.4, -0.2) is 32.4 Å². The third-order valence-corrected chi connectivity index (χ3v) is 5.75. The fourth-order valence-electron chi connectivity index (χ4n) is 2.50. The van der Waals surface area contributed by atoms with Crippen molar-refractivity contribution < 1.29 is 8.42 Å². The molecule has 1 aromatic carbocycles. The molecular formula is C15H23N3O2S. The molecule has 116 valence electrons. The van der Waals surface area contributed by atoms with Crippen molar-refractivity contribution in [2.24, 2.45) is 16.6 Å². The van der Waals surface area contributed by atoms with E-state index < -0.39 is 9.84 Å². The first-order chi connectivity index (χ1) is 9.85. The van der Waals surface area contributed by atoms with Gasteiger partial charge in [0.2, 0.25) is 0 Å². The summed E-state index contributed by atoms with van der Waals surface area (Å²) in [5.41, 5.74) is 9.18. The van der Waals surface area contributed by atoms with E-state index in [9.17, 15) is 8.42 Å². The normalized spacial score (nSPS) is 22.0. The van der Waals surface area contributed by atoms with E-state index in [0.717, 1.165) is 18.5 Å². The Morgan fingerprint density at radius 3 is 2.81 bits per heavy atom. The monoisotopic (exact) mass is 309 g/mol. The molecule has 0 amide bonds. The van der Waals surface area contributed by atoms with Crippen molar-refractivity contribution in [2.75, 3.05) is 23.4 Å². The highest BCUT2D eigenvalue weighted by Crippen LogP contribution is 2.18. The first kappa shape index (κ1) is 15.8. The topological polar surface area (TPSA) is 84.5 Å². The highest BCUT2D eigenvalue weighted by Gasteiger charge is 2.24. The van der Waals surface area contributed by atoms with E-state index in [1.54, 1.807) is 0 Å². The van der Waals surface area contributed by atoms with Crippen LogP contribution >= 0.6 is 0 Å². The Morgan fingerprint density at radius 1 is 1.38 bits per heavy atom. The highest BCUT2D eigenvalue weighted by molar-refractivity contribution is 7.91. The molecule has 1 fully saturated rings. The van der Waals surface area contributed by atoms with Crippen LogP contribution in [0.2, 0.25) is 0 Å². The van der Waals surface area contributed by atoms with Crippen LogP contribution < -0.4 is 11.1 Å². The first-order valence-electron chi connectivity index (χ1n) is 7.20. The number of benzene rings is 1. The fourth-order valence-corrected chi connectivity index (χ4v) is 4.26. The van der Waals surface area contributed by atoms with Gasteiger partial charge in [-0.2, -0.15) is 0 Å². The predicted molar refractivity (Wildman–Crippen MR) is 87.4 cm³/mol. The predicted octanol–water partition coefficient (Wildman–Crippen LogP) is 1.85. The summed E-state index contributed by atoms with van der Waals surface area (Å²) in [6.07, 6.45) is 1.63. The Kier molecular flexibility index (Phi) is 4.88. The van der Waals surface area contributed by atoms with Crippen molar-refractivity contribution in [3.8, 4) is 0 Å². The van der Waals surface area contributed by atoms with Gasteiger partial charge in [0.25, 0.3) is 0 Å². The average Bonchev–Trinajstić information content (AvgIpc) is 2.40. The van der Waals surface area contributed by atoms with E-state index in [1.165, 1.54) is 11.1 Å². The van der Waals surface area contributed by atoms with Gasteiger partial charge >= 0.3 is 0 Å². The first-order valence-corrected chi connectivity index (χ1v) is 9.02. The van der Waals surface area contributed by atoms with E-state index in [2.05, 4.69) is 17.2 Å². The van der Waals surface area contributed by atoms with Crippen LogP contribution in [0.4, 0.5) is 5.69 Å². The molecular weight excluding hydrogens is 286 g/mol. The molecule has 1 atom stereocenters. The number of sulfone groups is 1. The maximum atomic E-state index is 11.6. The van der Waals surface area contributed by atoms with Crippen LogP contribution in [-0.2, 0) is 9.84 Å². The molecule has 5 nitrogen and oxygen atoms in total. The molecule has 6 heteroatoms. The van der Waals surface area contributed by atoms with Crippen LogP contribution in [0.5, 0.6) is 0 Å². The Hall–Kier alpha value is -1.56. The van der Waals surface area contributed by atoms with Crippen LogP contribution in [0.3, 0.4) is 0 Å². The summed E-state index contributed by atoms with van der Waals surface area (Å²) in [4.78, 5) is 4.28. The number of nitrogens with one attached hydrogen (secondary N) is 1. The summed E-state index contributed by atoms with van der Waals surface area (Å²) in [5.74, 6) is 0.960. The molecule has 21 heavy (non-hydrogen) atoms. The van der Waals surface area contributed by atoms with Gasteiger partial charge in [-0.25, -0.2) is 8.42 Å². The van der Waals surface area contributed by atoms with Gasteiger partial charge in [-0.3, -0.25) is 4.99 Å². The Balaban J connectivity index is 1.93. The summed E-state index contributed by atoms with van der Waals surface area (Å²) in [6, 6.07) is 6.00. The van der Waals surface area contributed by atoms with Gasteiger partial charge in [0, 0.05) is 12.2 Å². The lowest BCUT2D eigenvalue weighted by molar-refractivity contribution is 0.494. The summed E-state index contributed by atoms with van der Waals surface area (Å²) in [7, 11) is -2.88. The second-order valence-corrected chi connectivity index (χ2v) is 8.00. The van der Waals surface area contributed by atoms with Crippen molar-refractivity contribution >= 4 is 21.5 Å². The van der Waals surface area contributed by atoms with Crippen molar-refractivity contribution in [1.29, 1.82) is 0 Å². The minimum atomic E-state index is -2.88. The van der Waals surface area contributed by atoms with Gasteiger partial charge < -0.3 is 11.1 Å². The summed E-state index contributed by atoms with van der Waals surface area (Å²) < 4.78 is 23.1. The van der Waals surface area contributed by atoms with Gasteiger partial charge in [0.15, 0.2) is 15.8 Å². The molecule has 1 aliphatic rings.